The van der Waals surface area contributed by atoms with E-state index in [9.17, 15) is 4.79 Å². The van der Waals surface area contributed by atoms with Gasteiger partial charge in [0.05, 0.1) is 0 Å². The van der Waals surface area contributed by atoms with Gasteiger partial charge in [-0.3, -0.25) is 4.79 Å². The number of nitrogens with zero attached hydrogens (tertiary/aromatic N) is 1. The zero-order valence-electron chi connectivity index (χ0n) is 10.4. The second-order valence-electron chi connectivity index (χ2n) is 4.30. The van der Waals surface area contributed by atoms with E-state index in [1.54, 1.807) is 18.9 Å². The summed E-state index contributed by atoms with van der Waals surface area (Å²) >= 11 is 0. The lowest BCUT2D eigenvalue weighted by molar-refractivity contribution is -0.128. The topological polar surface area (TPSA) is 38.8 Å². The molecule has 0 N–H and O–H groups in total. The van der Waals surface area contributed by atoms with Crippen LogP contribution < -0.4 is 9.47 Å². The number of fused-ring (bicyclic) bond motifs is 1. The summed E-state index contributed by atoms with van der Waals surface area (Å²) in [7, 11) is 1.79. The number of rotatable bonds is 2. The predicted octanol–water partition coefficient (Wildman–Crippen LogP) is 1.74. The number of carbonyl (C=O) groups is 1. The maximum atomic E-state index is 11.2. The maximum Gasteiger partial charge on any atom is 0.219 e. The molecule has 4 nitrogen and oxygen atoms in total. The molecule has 0 unspecified atom stereocenters. The Balaban J connectivity index is 2.25. The first-order valence-electron chi connectivity index (χ1n) is 5.69. The molecule has 0 radical (unpaired) electrons. The number of benzene rings is 1. The summed E-state index contributed by atoms with van der Waals surface area (Å²) in [5.41, 5.74) is 2.20. The molecule has 92 valence electrons. The van der Waals surface area contributed by atoms with Crippen molar-refractivity contribution in [1.29, 1.82) is 0 Å². The summed E-state index contributed by atoms with van der Waals surface area (Å²) in [6, 6.07) is 3.93. The molecule has 17 heavy (non-hydrogen) atoms. The minimum absolute atomic E-state index is 0.0549. The first-order chi connectivity index (χ1) is 8.08. The number of ether oxygens (including phenoxy) is 2. The molecule has 0 aliphatic carbocycles. The summed E-state index contributed by atoms with van der Waals surface area (Å²) in [5, 5.41) is 0. The van der Waals surface area contributed by atoms with Crippen LogP contribution in [0.5, 0.6) is 11.5 Å². The van der Waals surface area contributed by atoms with E-state index in [2.05, 4.69) is 0 Å². The molecule has 0 fully saturated rings. The van der Waals surface area contributed by atoms with E-state index >= 15 is 0 Å². The summed E-state index contributed by atoms with van der Waals surface area (Å²) in [5.74, 6) is 1.62. The molecule has 1 aliphatic heterocycles. The van der Waals surface area contributed by atoms with Crippen molar-refractivity contribution < 1.29 is 14.3 Å². The lowest BCUT2D eigenvalue weighted by Crippen LogP contribution is -2.24. The number of amides is 1. The molecule has 0 spiro atoms. The van der Waals surface area contributed by atoms with Crippen LogP contribution in [0.2, 0.25) is 0 Å². The predicted molar refractivity (Wildman–Crippen MR) is 64.3 cm³/mol. The molecule has 4 heteroatoms. The quantitative estimate of drug-likeness (QED) is 0.783. The van der Waals surface area contributed by atoms with Gasteiger partial charge in [-0.05, 0) is 30.2 Å². The zero-order chi connectivity index (χ0) is 12.4. The molecule has 2 rings (SSSR count). The fourth-order valence-corrected chi connectivity index (χ4v) is 1.77. The standard InChI is InChI=1S/C13H17NO3/c1-9-6-12-13(17-5-4-16-12)7-11(9)8-14(3)10(2)15/h6-7H,4-5,8H2,1-3H3. The largest absolute Gasteiger partial charge is 0.486 e. The molecule has 1 amide bonds. The SMILES string of the molecule is CC(=O)N(C)Cc1cc2c(cc1C)OCCO2. The molecule has 1 aromatic rings. The Bertz CT molecular complexity index is 443. The molecular weight excluding hydrogens is 218 g/mol. The highest BCUT2D eigenvalue weighted by atomic mass is 16.6. The van der Waals surface area contributed by atoms with Gasteiger partial charge in [0.15, 0.2) is 11.5 Å². The first kappa shape index (κ1) is 11.8. The van der Waals surface area contributed by atoms with Gasteiger partial charge in [-0.15, -0.1) is 0 Å². The molecule has 0 saturated heterocycles. The van der Waals surface area contributed by atoms with Gasteiger partial charge in [0, 0.05) is 20.5 Å². The minimum atomic E-state index is 0.0549. The van der Waals surface area contributed by atoms with Crippen molar-refractivity contribution in [2.75, 3.05) is 20.3 Å². The van der Waals surface area contributed by atoms with Crippen LogP contribution in [0.3, 0.4) is 0 Å². The molecule has 0 saturated carbocycles. The lowest BCUT2D eigenvalue weighted by atomic mass is 10.1. The smallest absolute Gasteiger partial charge is 0.219 e. The van der Waals surface area contributed by atoms with E-state index in [1.807, 2.05) is 19.1 Å². The van der Waals surface area contributed by atoms with Crippen LogP contribution in [0.15, 0.2) is 12.1 Å². The fourth-order valence-electron chi connectivity index (χ4n) is 1.77. The van der Waals surface area contributed by atoms with E-state index in [0.717, 1.165) is 22.6 Å². The maximum absolute atomic E-state index is 11.2. The monoisotopic (exact) mass is 235 g/mol. The van der Waals surface area contributed by atoms with Crippen molar-refractivity contribution in [1.82, 2.24) is 4.90 Å². The highest BCUT2D eigenvalue weighted by Crippen LogP contribution is 2.33. The van der Waals surface area contributed by atoms with Crippen molar-refractivity contribution in [2.45, 2.75) is 20.4 Å². The summed E-state index contributed by atoms with van der Waals surface area (Å²) in [4.78, 5) is 12.9. The van der Waals surface area contributed by atoms with Crippen molar-refractivity contribution >= 4 is 5.91 Å². The van der Waals surface area contributed by atoms with Crippen molar-refractivity contribution in [3.05, 3.63) is 23.3 Å². The van der Waals surface area contributed by atoms with Crippen LogP contribution in [0.1, 0.15) is 18.1 Å². The van der Waals surface area contributed by atoms with Gasteiger partial charge in [-0.2, -0.15) is 0 Å². The van der Waals surface area contributed by atoms with E-state index in [0.29, 0.717) is 19.8 Å². The van der Waals surface area contributed by atoms with Crippen LogP contribution in [-0.2, 0) is 11.3 Å². The third kappa shape index (κ3) is 2.52. The zero-order valence-corrected chi connectivity index (χ0v) is 10.4. The third-order valence-corrected chi connectivity index (χ3v) is 2.95. The molecule has 1 heterocycles. The Kier molecular flexibility index (Phi) is 3.22. The summed E-state index contributed by atoms with van der Waals surface area (Å²) in [6.07, 6.45) is 0. The number of aryl methyl sites for hydroxylation is 1. The minimum Gasteiger partial charge on any atom is -0.486 e. The van der Waals surface area contributed by atoms with Gasteiger partial charge in [0.2, 0.25) is 5.91 Å². The molecule has 0 aromatic heterocycles. The number of carbonyl (C=O) groups excluding carboxylic acids is 1. The van der Waals surface area contributed by atoms with Gasteiger partial charge in [0.25, 0.3) is 0 Å². The molecule has 1 aromatic carbocycles. The molecule has 0 bridgehead atoms. The average molecular weight is 235 g/mol. The summed E-state index contributed by atoms with van der Waals surface area (Å²) < 4.78 is 11.0. The van der Waals surface area contributed by atoms with E-state index < -0.39 is 0 Å². The van der Waals surface area contributed by atoms with Crippen LogP contribution in [0.25, 0.3) is 0 Å². The average Bonchev–Trinajstić information content (AvgIpc) is 2.29. The second-order valence-corrected chi connectivity index (χ2v) is 4.30. The summed E-state index contributed by atoms with van der Waals surface area (Å²) in [6.45, 7) is 5.35. The van der Waals surface area contributed by atoms with E-state index in [1.165, 1.54) is 0 Å². The van der Waals surface area contributed by atoms with Crippen molar-refractivity contribution in [2.24, 2.45) is 0 Å². The highest BCUT2D eigenvalue weighted by molar-refractivity contribution is 5.72. The van der Waals surface area contributed by atoms with Crippen molar-refractivity contribution in [3.63, 3.8) is 0 Å². The van der Waals surface area contributed by atoms with E-state index in [4.69, 9.17) is 9.47 Å². The van der Waals surface area contributed by atoms with Crippen LogP contribution in [-0.4, -0.2) is 31.1 Å². The first-order valence-corrected chi connectivity index (χ1v) is 5.69. The van der Waals surface area contributed by atoms with Crippen LogP contribution >= 0.6 is 0 Å². The Morgan fingerprint density at radius 3 is 2.47 bits per heavy atom. The normalized spacial score (nSPS) is 13.4. The van der Waals surface area contributed by atoms with Gasteiger partial charge < -0.3 is 14.4 Å². The molecular formula is C13H17NO3. The van der Waals surface area contributed by atoms with E-state index in [-0.39, 0.29) is 5.91 Å². The van der Waals surface area contributed by atoms with Gasteiger partial charge in [-0.25, -0.2) is 0 Å². The van der Waals surface area contributed by atoms with Crippen LogP contribution in [0.4, 0.5) is 0 Å². The molecule has 0 atom stereocenters. The number of hydrogen-bond acceptors (Lipinski definition) is 3. The Morgan fingerprint density at radius 2 is 1.88 bits per heavy atom. The van der Waals surface area contributed by atoms with Gasteiger partial charge in [0.1, 0.15) is 13.2 Å². The van der Waals surface area contributed by atoms with Gasteiger partial charge >= 0.3 is 0 Å². The second kappa shape index (κ2) is 4.65. The lowest BCUT2D eigenvalue weighted by Gasteiger charge is -2.22. The Morgan fingerprint density at radius 1 is 1.29 bits per heavy atom. The number of hydrogen-bond donors (Lipinski definition) is 0. The van der Waals surface area contributed by atoms with Crippen molar-refractivity contribution in [3.8, 4) is 11.5 Å². The fraction of sp³-hybridized carbons (Fsp3) is 0.462. The Labute approximate surface area is 101 Å². The van der Waals surface area contributed by atoms with Gasteiger partial charge in [-0.1, -0.05) is 0 Å². The Hall–Kier alpha value is -1.71. The van der Waals surface area contributed by atoms with Crippen LogP contribution in [0, 0.1) is 6.92 Å². The molecule has 1 aliphatic rings. The highest BCUT2D eigenvalue weighted by Gasteiger charge is 2.15. The third-order valence-electron chi connectivity index (χ3n) is 2.95.